The molecule has 7 heteroatoms. The molecule has 0 spiro atoms. The topological polar surface area (TPSA) is 58.2 Å². The van der Waals surface area contributed by atoms with Crippen molar-refractivity contribution in [2.75, 3.05) is 18.8 Å². The third-order valence-corrected chi connectivity index (χ3v) is 5.77. The summed E-state index contributed by atoms with van der Waals surface area (Å²) in [6.07, 6.45) is 3.10. The summed E-state index contributed by atoms with van der Waals surface area (Å²) in [5.74, 6) is 0.164. The molecule has 1 aromatic rings. The van der Waals surface area contributed by atoms with E-state index in [-0.39, 0.29) is 5.75 Å². The Hall–Kier alpha value is 0.0500. The Morgan fingerprint density at radius 2 is 2.11 bits per heavy atom. The molecule has 0 bridgehead atoms. The molecule has 2 N–H and O–H groups in total. The zero-order chi connectivity index (χ0) is 13.0. The molecule has 1 heterocycles. The van der Waals surface area contributed by atoms with Crippen LogP contribution in [0.15, 0.2) is 15.9 Å². The first-order valence-electron chi connectivity index (χ1n) is 6.00. The standard InChI is InChI=1S/C11H17BrN2O2S2/c12-11-4-3-10(17-11)5-6-14-18(15,16)8-7-13-9-1-2-9/h3-4,9,13-14H,1-2,5-8H2. The zero-order valence-corrected chi connectivity index (χ0v) is 13.2. The first kappa shape index (κ1) is 14.5. The van der Waals surface area contributed by atoms with Crippen molar-refractivity contribution in [3.8, 4) is 0 Å². The minimum Gasteiger partial charge on any atom is -0.313 e. The van der Waals surface area contributed by atoms with Gasteiger partial charge in [0, 0.05) is 24.0 Å². The molecular weight excluding hydrogens is 336 g/mol. The Bertz CT molecular complexity index is 483. The van der Waals surface area contributed by atoms with Crippen molar-refractivity contribution in [1.29, 1.82) is 0 Å². The zero-order valence-electron chi connectivity index (χ0n) is 9.99. The lowest BCUT2D eigenvalue weighted by molar-refractivity contribution is 0.576. The molecule has 0 atom stereocenters. The summed E-state index contributed by atoms with van der Waals surface area (Å²) in [5, 5.41) is 3.20. The van der Waals surface area contributed by atoms with Crippen LogP contribution in [0.1, 0.15) is 17.7 Å². The molecule has 2 rings (SSSR count). The molecular formula is C11H17BrN2O2S2. The summed E-state index contributed by atoms with van der Waals surface area (Å²) in [5.41, 5.74) is 0. The van der Waals surface area contributed by atoms with Gasteiger partial charge in [-0.15, -0.1) is 11.3 Å². The van der Waals surface area contributed by atoms with Gasteiger partial charge >= 0.3 is 0 Å². The molecule has 0 aromatic carbocycles. The van der Waals surface area contributed by atoms with Gasteiger partial charge in [0.2, 0.25) is 10.0 Å². The smallest absolute Gasteiger partial charge is 0.212 e. The van der Waals surface area contributed by atoms with Crippen molar-refractivity contribution >= 4 is 37.3 Å². The van der Waals surface area contributed by atoms with E-state index in [2.05, 4.69) is 26.0 Å². The average molecular weight is 353 g/mol. The van der Waals surface area contributed by atoms with E-state index in [0.29, 0.717) is 19.1 Å². The van der Waals surface area contributed by atoms with E-state index in [4.69, 9.17) is 0 Å². The number of rotatable bonds is 8. The van der Waals surface area contributed by atoms with Gasteiger partial charge in [0.05, 0.1) is 9.54 Å². The van der Waals surface area contributed by atoms with E-state index in [1.165, 1.54) is 17.7 Å². The molecule has 0 unspecified atom stereocenters. The molecule has 0 aliphatic heterocycles. The minimum absolute atomic E-state index is 0.164. The van der Waals surface area contributed by atoms with E-state index < -0.39 is 10.0 Å². The lowest BCUT2D eigenvalue weighted by Crippen LogP contribution is -2.33. The van der Waals surface area contributed by atoms with Crippen molar-refractivity contribution in [3.05, 3.63) is 20.8 Å². The molecule has 1 aliphatic carbocycles. The van der Waals surface area contributed by atoms with E-state index >= 15 is 0 Å². The third-order valence-electron chi connectivity index (χ3n) is 2.70. The van der Waals surface area contributed by atoms with E-state index in [1.807, 2.05) is 12.1 Å². The molecule has 18 heavy (non-hydrogen) atoms. The van der Waals surface area contributed by atoms with Crippen LogP contribution >= 0.6 is 27.3 Å². The highest BCUT2D eigenvalue weighted by molar-refractivity contribution is 9.11. The molecule has 102 valence electrons. The summed E-state index contributed by atoms with van der Waals surface area (Å²) in [6, 6.07) is 4.55. The minimum atomic E-state index is -3.13. The second-order valence-electron chi connectivity index (χ2n) is 4.40. The predicted octanol–water partition coefficient (Wildman–Crippen LogP) is 1.72. The number of nitrogens with one attached hydrogen (secondary N) is 2. The maximum Gasteiger partial charge on any atom is 0.212 e. The van der Waals surface area contributed by atoms with Gasteiger partial charge in [-0.05, 0) is 47.3 Å². The fourth-order valence-electron chi connectivity index (χ4n) is 1.57. The van der Waals surface area contributed by atoms with E-state index in [1.54, 1.807) is 11.3 Å². The number of thiophene rings is 1. The lowest BCUT2D eigenvalue weighted by Gasteiger charge is -2.06. The molecule has 1 fully saturated rings. The van der Waals surface area contributed by atoms with Gasteiger partial charge in [-0.25, -0.2) is 13.1 Å². The molecule has 0 saturated heterocycles. The van der Waals surface area contributed by atoms with Gasteiger partial charge in [-0.3, -0.25) is 0 Å². The number of sulfonamides is 1. The Morgan fingerprint density at radius 1 is 1.33 bits per heavy atom. The van der Waals surface area contributed by atoms with Crippen molar-refractivity contribution in [2.45, 2.75) is 25.3 Å². The maximum atomic E-state index is 11.7. The Balaban J connectivity index is 1.64. The van der Waals surface area contributed by atoms with E-state index in [9.17, 15) is 8.42 Å². The first-order valence-corrected chi connectivity index (χ1v) is 9.26. The summed E-state index contributed by atoms with van der Waals surface area (Å²) < 4.78 is 27.1. The van der Waals surface area contributed by atoms with Crippen molar-refractivity contribution < 1.29 is 8.42 Å². The molecule has 0 amide bonds. The van der Waals surface area contributed by atoms with Crippen LogP contribution in [0.3, 0.4) is 0 Å². The largest absolute Gasteiger partial charge is 0.313 e. The van der Waals surface area contributed by atoms with Crippen LogP contribution in [0.25, 0.3) is 0 Å². The second kappa shape index (κ2) is 6.47. The lowest BCUT2D eigenvalue weighted by atomic mass is 10.3. The molecule has 1 aromatic heterocycles. The summed E-state index contributed by atoms with van der Waals surface area (Å²) in [6.45, 7) is 1.02. The summed E-state index contributed by atoms with van der Waals surface area (Å²) in [4.78, 5) is 1.18. The van der Waals surface area contributed by atoms with Crippen molar-refractivity contribution in [2.24, 2.45) is 0 Å². The Kier molecular flexibility index (Phi) is 5.20. The van der Waals surface area contributed by atoms with Crippen LogP contribution in [0.4, 0.5) is 0 Å². The van der Waals surface area contributed by atoms with Crippen LogP contribution in [0, 0.1) is 0 Å². The monoisotopic (exact) mass is 352 g/mol. The van der Waals surface area contributed by atoms with Gasteiger partial charge < -0.3 is 5.32 Å². The van der Waals surface area contributed by atoms with Gasteiger partial charge in [-0.2, -0.15) is 0 Å². The fourth-order valence-corrected chi connectivity index (χ4v) is 4.00. The fraction of sp³-hybridized carbons (Fsp3) is 0.636. The van der Waals surface area contributed by atoms with Gasteiger partial charge in [0.1, 0.15) is 0 Å². The van der Waals surface area contributed by atoms with Gasteiger partial charge in [0.25, 0.3) is 0 Å². The van der Waals surface area contributed by atoms with Crippen molar-refractivity contribution in [1.82, 2.24) is 10.0 Å². The van der Waals surface area contributed by atoms with Crippen LogP contribution in [-0.4, -0.2) is 33.3 Å². The van der Waals surface area contributed by atoms with Gasteiger partial charge in [0.15, 0.2) is 0 Å². The maximum absolute atomic E-state index is 11.7. The quantitative estimate of drug-likeness (QED) is 0.748. The van der Waals surface area contributed by atoms with Crippen molar-refractivity contribution in [3.63, 3.8) is 0 Å². The summed E-state index contributed by atoms with van der Waals surface area (Å²) >= 11 is 5.03. The number of hydrogen-bond donors (Lipinski definition) is 2. The highest BCUT2D eigenvalue weighted by atomic mass is 79.9. The van der Waals surface area contributed by atoms with Crippen LogP contribution < -0.4 is 10.0 Å². The second-order valence-corrected chi connectivity index (χ2v) is 8.87. The Labute approximate surface area is 120 Å². The summed E-state index contributed by atoms with van der Waals surface area (Å²) in [7, 11) is -3.13. The van der Waals surface area contributed by atoms with Crippen LogP contribution in [0.2, 0.25) is 0 Å². The molecule has 1 aliphatic rings. The van der Waals surface area contributed by atoms with Crippen LogP contribution in [0.5, 0.6) is 0 Å². The van der Waals surface area contributed by atoms with Crippen LogP contribution in [-0.2, 0) is 16.4 Å². The normalized spacial score (nSPS) is 16.1. The SMILES string of the molecule is O=S(=O)(CCNC1CC1)NCCc1ccc(Br)s1. The number of halogens is 1. The van der Waals surface area contributed by atoms with Gasteiger partial charge in [-0.1, -0.05) is 0 Å². The third kappa shape index (κ3) is 5.36. The number of hydrogen-bond acceptors (Lipinski definition) is 4. The molecule has 4 nitrogen and oxygen atoms in total. The predicted molar refractivity (Wildman–Crippen MR) is 78.5 cm³/mol. The Morgan fingerprint density at radius 3 is 2.72 bits per heavy atom. The average Bonchev–Trinajstić information content (AvgIpc) is 3.01. The molecule has 0 radical (unpaired) electrons. The molecule has 1 saturated carbocycles. The van der Waals surface area contributed by atoms with E-state index in [0.717, 1.165) is 10.2 Å². The first-order chi connectivity index (χ1) is 8.55. The highest BCUT2D eigenvalue weighted by Crippen LogP contribution is 2.22. The highest BCUT2D eigenvalue weighted by Gasteiger charge is 2.21.